The van der Waals surface area contributed by atoms with Crippen LogP contribution in [0, 0.1) is 58.2 Å². The first-order valence-electron chi connectivity index (χ1n) is 12.8. The Balaban J connectivity index is 1.43. The Bertz CT molecular complexity index is 825. The molecule has 0 aliphatic heterocycles. The van der Waals surface area contributed by atoms with E-state index >= 15 is 0 Å². The van der Waals surface area contributed by atoms with E-state index in [0.717, 1.165) is 42.9 Å². The fourth-order valence-electron chi connectivity index (χ4n) is 8.66. The fraction of sp³-hybridized carbons (Fsp3) is 0.815. The molecule has 5 heteroatoms. The number of aliphatic imine (C=N–C) groups is 1. The zero-order valence-electron chi connectivity index (χ0n) is 20.1. The van der Waals surface area contributed by atoms with Crippen molar-refractivity contribution in [3.63, 3.8) is 0 Å². The first-order chi connectivity index (χ1) is 15.2. The molecule has 32 heavy (non-hydrogen) atoms. The van der Waals surface area contributed by atoms with Gasteiger partial charge in [-0.25, -0.2) is 0 Å². The van der Waals surface area contributed by atoms with E-state index in [2.05, 4.69) is 18.8 Å². The van der Waals surface area contributed by atoms with E-state index < -0.39 is 5.60 Å². The summed E-state index contributed by atoms with van der Waals surface area (Å²) >= 11 is 0. The van der Waals surface area contributed by atoms with Gasteiger partial charge in [-0.15, -0.1) is 0 Å². The molecule has 0 saturated heterocycles. The lowest BCUT2D eigenvalue weighted by Crippen LogP contribution is -2.51. The maximum Gasteiger partial charge on any atom is 0.157 e. The van der Waals surface area contributed by atoms with Crippen LogP contribution in [-0.4, -0.2) is 29.3 Å². The molecule has 5 nitrogen and oxygen atoms in total. The van der Waals surface area contributed by atoms with Gasteiger partial charge in [-0.1, -0.05) is 13.8 Å². The molecule has 0 aromatic rings. The smallest absolute Gasteiger partial charge is 0.157 e. The van der Waals surface area contributed by atoms with Gasteiger partial charge in [0.15, 0.2) is 5.78 Å². The molecule has 4 aliphatic rings. The number of allylic oxidation sites excluding steroid dienone is 1. The Kier molecular flexibility index (Phi) is 6.56. The van der Waals surface area contributed by atoms with Gasteiger partial charge in [0, 0.05) is 18.3 Å². The summed E-state index contributed by atoms with van der Waals surface area (Å²) < 4.78 is 0. The zero-order valence-corrected chi connectivity index (χ0v) is 20.1. The van der Waals surface area contributed by atoms with Crippen LogP contribution < -0.4 is 5.73 Å². The summed E-state index contributed by atoms with van der Waals surface area (Å²) in [5.74, 6) is 4.49. The number of hydrogen-bond donors (Lipinski definition) is 2. The van der Waals surface area contributed by atoms with Gasteiger partial charge in [0.05, 0.1) is 17.7 Å². The Morgan fingerprint density at radius 3 is 2.62 bits per heavy atom. The van der Waals surface area contributed by atoms with Crippen LogP contribution in [0.3, 0.4) is 0 Å². The quantitative estimate of drug-likeness (QED) is 0.481. The number of carbonyl (C=O) groups excluding carboxylic acids is 1. The van der Waals surface area contributed by atoms with Crippen molar-refractivity contribution in [1.29, 1.82) is 5.26 Å². The van der Waals surface area contributed by atoms with Gasteiger partial charge in [-0.2, -0.15) is 5.26 Å². The van der Waals surface area contributed by atoms with Gasteiger partial charge in [-0.05, 0) is 106 Å². The second-order valence-electron chi connectivity index (χ2n) is 11.9. The number of nitrogens with zero attached hydrogens (tertiary/aromatic N) is 2. The highest BCUT2D eigenvalue weighted by Crippen LogP contribution is 2.65. The third-order valence-corrected chi connectivity index (χ3v) is 10.2. The summed E-state index contributed by atoms with van der Waals surface area (Å²) in [6, 6.07) is 1.97. The van der Waals surface area contributed by atoms with Gasteiger partial charge < -0.3 is 10.8 Å². The van der Waals surface area contributed by atoms with Crippen LogP contribution in [0.5, 0.6) is 0 Å². The minimum atomic E-state index is -0.456. The molecule has 4 saturated carbocycles. The first-order valence-corrected chi connectivity index (χ1v) is 12.8. The van der Waals surface area contributed by atoms with Crippen molar-refractivity contribution in [3.05, 3.63) is 11.8 Å². The van der Waals surface area contributed by atoms with E-state index in [1.165, 1.54) is 50.9 Å². The van der Waals surface area contributed by atoms with Crippen molar-refractivity contribution in [2.75, 3.05) is 6.54 Å². The number of aliphatic hydroxyl groups is 1. The Morgan fingerprint density at radius 1 is 1.16 bits per heavy atom. The summed E-state index contributed by atoms with van der Waals surface area (Å²) in [5.41, 5.74) is 5.47. The molecular weight excluding hydrogens is 398 g/mol. The van der Waals surface area contributed by atoms with Crippen LogP contribution in [0.15, 0.2) is 16.8 Å². The van der Waals surface area contributed by atoms with E-state index in [1.54, 1.807) is 0 Å². The maximum atomic E-state index is 13.0. The van der Waals surface area contributed by atoms with Crippen molar-refractivity contribution >= 4 is 12.0 Å². The van der Waals surface area contributed by atoms with E-state index in [9.17, 15) is 9.90 Å². The number of hydrogen-bond acceptors (Lipinski definition) is 5. The number of carbonyl (C=O) groups is 1. The Hall–Kier alpha value is -1.67. The molecule has 4 aliphatic carbocycles. The Morgan fingerprint density at radius 2 is 1.91 bits per heavy atom. The van der Waals surface area contributed by atoms with Crippen molar-refractivity contribution in [3.8, 4) is 6.07 Å². The SMILES string of the molecule is C[C@H](C(=O)CN=CC(C#N)=CN)[C@H]1CC[C@H]2[C@@H]3CC[C@@H]4C[C@](C)(O)CC[C@@H]4[C@H]3CC[C@]12C. The van der Waals surface area contributed by atoms with Crippen molar-refractivity contribution < 1.29 is 9.90 Å². The van der Waals surface area contributed by atoms with Crippen LogP contribution in [0.1, 0.15) is 78.6 Å². The number of fused-ring (bicyclic) bond motifs is 5. The van der Waals surface area contributed by atoms with Gasteiger partial charge in [0.1, 0.15) is 6.07 Å². The average molecular weight is 440 g/mol. The highest BCUT2D eigenvalue weighted by Gasteiger charge is 2.58. The lowest BCUT2D eigenvalue weighted by Gasteiger charge is -2.57. The average Bonchev–Trinajstić information content (AvgIpc) is 3.12. The summed E-state index contributed by atoms with van der Waals surface area (Å²) in [4.78, 5) is 17.2. The van der Waals surface area contributed by atoms with Gasteiger partial charge in [-0.3, -0.25) is 9.79 Å². The molecule has 4 fully saturated rings. The molecule has 0 heterocycles. The van der Waals surface area contributed by atoms with E-state index in [1.807, 2.05) is 13.0 Å². The van der Waals surface area contributed by atoms with Crippen LogP contribution in [0.2, 0.25) is 0 Å². The van der Waals surface area contributed by atoms with Crippen molar-refractivity contribution in [2.45, 2.75) is 84.2 Å². The number of Topliss-reactive ketones (excluding diaryl/α,β-unsaturated/α-hetero) is 1. The topological polar surface area (TPSA) is 99.5 Å². The molecular formula is C27H41N3O2. The first kappa shape index (κ1) is 23.5. The maximum absolute atomic E-state index is 13.0. The standard InChI is InChI=1S/C27H41N3O2/c1-17(25(31)16-30-15-18(13-28)14-29)23-6-7-24-22-5-4-19-12-26(2,32)10-8-20(19)21(22)9-11-27(23,24)3/h13,15,17,19-24,32H,4-12,16,28H2,1-3H3/t17-,19+,20-,21+,22+,23+,24-,26+,27+/m0/s1. The number of ketones is 1. The molecule has 0 radical (unpaired) electrons. The molecule has 0 aromatic heterocycles. The van der Waals surface area contributed by atoms with Crippen LogP contribution in [0.4, 0.5) is 0 Å². The zero-order chi connectivity index (χ0) is 23.1. The highest BCUT2D eigenvalue weighted by atomic mass is 16.3. The second kappa shape index (κ2) is 8.93. The lowest BCUT2D eigenvalue weighted by atomic mass is 9.48. The summed E-state index contributed by atoms with van der Waals surface area (Å²) in [6.45, 7) is 6.74. The number of rotatable bonds is 5. The Labute approximate surface area is 193 Å². The third kappa shape index (κ3) is 4.16. The number of nitriles is 1. The van der Waals surface area contributed by atoms with Crippen LogP contribution >= 0.6 is 0 Å². The van der Waals surface area contributed by atoms with Crippen molar-refractivity contribution in [2.24, 2.45) is 57.6 Å². The monoisotopic (exact) mass is 439 g/mol. The predicted octanol–water partition coefficient (Wildman–Crippen LogP) is 4.65. The summed E-state index contributed by atoms with van der Waals surface area (Å²) in [5, 5.41) is 19.5. The molecule has 4 rings (SSSR count). The summed E-state index contributed by atoms with van der Waals surface area (Å²) in [6.07, 6.45) is 13.3. The van der Waals surface area contributed by atoms with Crippen molar-refractivity contribution in [1.82, 2.24) is 0 Å². The normalized spacial score (nSPS) is 44.9. The second-order valence-corrected chi connectivity index (χ2v) is 11.9. The van der Waals surface area contributed by atoms with E-state index in [0.29, 0.717) is 11.8 Å². The molecule has 176 valence electrons. The van der Waals surface area contributed by atoms with E-state index in [-0.39, 0.29) is 29.2 Å². The molecule has 0 spiro atoms. The van der Waals surface area contributed by atoms with Crippen LogP contribution in [0.25, 0.3) is 0 Å². The lowest BCUT2D eigenvalue weighted by molar-refractivity contribution is -0.127. The molecule has 3 N–H and O–H groups in total. The van der Waals surface area contributed by atoms with Gasteiger partial charge in [0.25, 0.3) is 0 Å². The van der Waals surface area contributed by atoms with Crippen LogP contribution in [-0.2, 0) is 4.79 Å². The highest BCUT2D eigenvalue weighted by molar-refractivity contribution is 5.88. The molecule has 0 amide bonds. The minimum absolute atomic E-state index is 0.00667. The third-order valence-electron chi connectivity index (χ3n) is 10.2. The van der Waals surface area contributed by atoms with Gasteiger partial charge in [0.2, 0.25) is 0 Å². The molecule has 9 atom stereocenters. The minimum Gasteiger partial charge on any atom is -0.403 e. The number of nitrogens with two attached hydrogens (primary N) is 1. The predicted molar refractivity (Wildman–Crippen MR) is 127 cm³/mol. The summed E-state index contributed by atoms with van der Waals surface area (Å²) in [7, 11) is 0. The largest absolute Gasteiger partial charge is 0.403 e. The molecule has 0 unspecified atom stereocenters. The van der Waals surface area contributed by atoms with Gasteiger partial charge >= 0.3 is 0 Å². The van der Waals surface area contributed by atoms with E-state index in [4.69, 9.17) is 11.0 Å². The fourth-order valence-corrected chi connectivity index (χ4v) is 8.66. The molecule has 0 bridgehead atoms. The molecule has 0 aromatic carbocycles.